The van der Waals surface area contributed by atoms with Gasteiger partial charge in [0.05, 0.1) is 6.61 Å². The van der Waals surface area contributed by atoms with Crippen molar-refractivity contribution >= 4 is 11.6 Å². The second kappa shape index (κ2) is 9.28. The zero-order valence-electron chi connectivity index (χ0n) is 17.4. The first-order valence-corrected chi connectivity index (χ1v) is 9.80. The van der Waals surface area contributed by atoms with Crippen LogP contribution in [0.1, 0.15) is 39.5 Å². The van der Waals surface area contributed by atoms with Crippen molar-refractivity contribution in [1.29, 1.82) is 0 Å². The van der Waals surface area contributed by atoms with E-state index in [0.29, 0.717) is 30.3 Å². The molecule has 0 heterocycles. The zero-order valence-corrected chi connectivity index (χ0v) is 17.4. The Kier molecular flexibility index (Phi) is 6.55. The molecule has 0 atom stereocenters. The molecule has 3 aromatic carbocycles. The SMILES string of the molecule is CCOc1cc(C(=O)Nc2cccc(C)c2C)ccc1OCc1ccc(C)cc1. The minimum atomic E-state index is -0.176. The van der Waals surface area contributed by atoms with E-state index in [1.807, 2.05) is 51.1 Å². The van der Waals surface area contributed by atoms with Gasteiger partial charge >= 0.3 is 0 Å². The van der Waals surface area contributed by atoms with Crippen LogP contribution in [0, 0.1) is 20.8 Å². The lowest BCUT2D eigenvalue weighted by Gasteiger charge is -2.14. The lowest BCUT2D eigenvalue weighted by molar-refractivity contribution is 0.102. The van der Waals surface area contributed by atoms with Crippen molar-refractivity contribution in [2.24, 2.45) is 0 Å². The van der Waals surface area contributed by atoms with Gasteiger partial charge in [-0.15, -0.1) is 0 Å². The number of carbonyl (C=O) groups excluding carboxylic acids is 1. The van der Waals surface area contributed by atoms with Gasteiger partial charge in [0, 0.05) is 11.3 Å². The number of carbonyl (C=O) groups is 1. The van der Waals surface area contributed by atoms with E-state index in [2.05, 4.69) is 24.4 Å². The van der Waals surface area contributed by atoms with Crippen LogP contribution < -0.4 is 14.8 Å². The highest BCUT2D eigenvalue weighted by Gasteiger charge is 2.13. The van der Waals surface area contributed by atoms with Gasteiger partial charge < -0.3 is 14.8 Å². The Morgan fingerprint density at radius 3 is 2.38 bits per heavy atom. The summed E-state index contributed by atoms with van der Waals surface area (Å²) in [6.07, 6.45) is 0. The average Bonchev–Trinajstić information content (AvgIpc) is 2.72. The molecular formula is C25H27NO3. The maximum absolute atomic E-state index is 12.7. The Labute approximate surface area is 172 Å². The monoisotopic (exact) mass is 389 g/mol. The molecule has 0 aliphatic carbocycles. The molecule has 150 valence electrons. The van der Waals surface area contributed by atoms with Gasteiger partial charge in [0.25, 0.3) is 5.91 Å². The average molecular weight is 389 g/mol. The number of ether oxygens (including phenoxy) is 2. The quantitative estimate of drug-likeness (QED) is 0.552. The molecule has 0 spiro atoms. The number of hydrogen-bond acceptors (Lipinski definition) is 3. The van der Waals surface area contributed by atoms with Crippen molar-refractivity contribution in [3.63, 3.8) is 0 Å². The van der Waals surface area contributed by atoms with Crippen LogP contribution in [-0.2, 0) is 6.61 Å². The van der Waals surface area contributed by atoms with Crippen LogP contribution in [0.4, 0.5) is 5.69 Å². The first-order chi connectivity index (χ1) is 14.0. The topological polar surface area (TPSA) is 47.6 Å². The summed E-state index contributed by atoms with van der Waals surface area (Å²) in [5, 5.41) is 2.98. The molecule has 0 saturated carbocycles. The highest BCUT2D eigenvalue weighted by atomic mass is 16.5. The summed E-state index contributed by atoms with van der Waals surface area (Å²) in [6, 6.07) is 19.3. The summed E-state index contributed by atoms with van der Waals surface area (Å²) in [7, 11) is 0. The highest BCUT2D eigenvalue weighted by Crippen LogP contribution is 2.30. The van der Waals surface area contributed by atoms with E-state index < -0.39 is 0 Å². The van der Waals surface area contributed by atoms with Gasteiger partial charge in [0.2, 0.25) is 0 Å². The van der Waals surface area contributed by atoms with Crippen molar-refractivity contribution in [2.45, 2.75) is 34.3 Å². The van der Waals surface area contributed by atoms with E-state index in [4.69, 9.17) is 9.47 Å². The smallest absolute Gasteiger partial charge is 0.255 e. The van der Waals surface area contributed by atoms with E-state index >= 15 is 0 Å². The van der Waals surface area contributed by atoms with Gasteiger partial charge in [-0.2, -0.15) is 0 Å². The third-order valence-electron chi connectivity index (χ3n) is 4.87. The fourth-order valence-electron chi connectivity index (χ4n) is 2.96. The molecule has 1 N–H and O–H groups in total. The van der Waals surface area contributed by atoms with Crippen molar-refractivity contribution in [3.8, 4) is 11.5 Å². The van der Waals surface area contributed by atoms with Crippen molar-refractivity contribution in [1.82, 2.24) is 0 Å². The second-order valence-electron chi connectivity index (χ2n) is 7.07. The Bertz CT molecular complexity index is 993. The largest absolute Gasteiger partial charge is 0.490 e. The van der Waals surface area contributed by atoms with E-state index in [9.17, 15) is 4.79 Å². The molecule has 0 unspecified atom stereocenters. The molecule has 0 aromatic heterocycles. The van der Waals surface area contributed by atoms with Crippen molar-refractivity contribution in [3.05, 3.63) is 88.5 Å². The molecule has 4 heteroatoms. The standard InChI is InChI=1S/C25H27NO3/c1-5-28-24-15-21(25(27)26-22-8-6-7-18(3)19(22)4)13-14-23(24)29-16-20-11-9-17(2)10-12-20/h6-15H,5,16H2,1-4H3,(H,26,27). The summed E-state index contributed by atoms with van der Waals surface area (Å²) in [5.41, 5.74) is 5.82. The fourth-order valence-corrected chi connectivity index (χ4v) is 2.96. The lowest BCUT2D eigenvalue weighted by atomic mass is 10.1. The summed E-state index contributed by atoms with van der Waals surface area (Å²) in [6.45, 7) is 8.92. The normalized spacial score (nSPS) is 10.5. The molecule has 0 radical (unpaired) electrons. The molecule has 1 amide bonds. The molecule has 29 heavy (non-hydrogen) atoms. The Hall–Kier alpha value is -3.27. The van der Waals surface area contributed by atoms with Crippen LogP contribution in [0.25, 0.3) is 0 Å². The predicted molar refractivity (Wildman–Crippen MR) is 117 cm³/mol. The number of nitrogens with one attached hydrogen (secondary N) is 1. The third-order valence-corrected chi connectivity index (χ3v) is 4.87. The number of rotatable bonds is 7. The van der Waals surface area contributed by atoms with Crippen LogP contribution in [0.15, 0.2) is 60.7 Å². The van der Waals surface area contributed by atoms with Crippen molar-refractivity contribution < 1.29 is 14.3 Å². The number of aryl methyl sites for hydroxylation is 2. The first-order valence-electron chi connectivity index (χ1n) is 9.80. The third kappa shape index (κ3) is 5.17. The highest BCUT2D eigenvalue weighted by molar-refractivity contribution is 6.05. The fraction of sp³-hybridized carbons (Fsp3) is 0.240. The molecular weight excluding hydrogens is 362 g/mol. The van der Waals surface area contributed by atoms with Gasteiger partial charge in [-0.1, -0.05) is 42.0 Å². The number of amides is 1. The maximum atomic E-state index is 12.7. The van der Waals surface area contributed by atoms with Crippen LogP contribution in [0.2, 0.25) is 0 Å². The summed E-state index contributed by atoms with van der Waals surface area (Å²) in [5.74, 6) is 1.01. The predicted octanol–water partition coefficient (Wildman–Crippen LogP) is 5.84. The minimum absolute atomic E-state index is 0.176. The molecule has 4 nitrogen and oxygen atoms in total. The molecule has 0 fully saturated rings. The van der Waals surface area contributed by atoms with Gasteiger partial charge in [0.15, 0.2) is 11.5 Å². The summed E-state index contributed by atoms with van der Waals surface area (Å²) >= 11 is 0. The van der Waals surface area contributed by atoms with Gasteiger partial charge in [-0.3, -0.25) is 4.79 Å². The van der Waals surface area contributed by atoms with E-state index in [1.54, 1.807) is 18.2 Å². The minimum Gasteiger partial charge on any atom is -0.490 e. The number of benzene rings is 3. The van der Waals surface area contributed by atoms with Crippen LogP contribution in [0.3, 0.4) is 0 Å². The van der Waals surface area contributed by atoms with Crippen molar-refractivity contribution in [2.75, 3.05) is 11.9 Å². The Morgan fingerprint density at radius 2 is 1.66 bits per heavy atom. The van der Waals surface area contributed by atoms with Gasteiger partial charge in [-0.05, 0) is 68.7 Å². The van der Waals surface area contributed by atoms with Gasteiger partial charge in [-0.25, -0.2) is 0 Å². The summed E-state index contributed by atoms with van der Waals surface area (Å²) in [4.78, 5) is 12.7. The first kappa shape index (κ1) is 20.5. The molecule has 3 rings (SSSR count). The number of anilines is 1. The molecule has 0 aliphatic rings. The zero-order chi connectivity index (χ0) is 20.8. The van der Waals surface area contributed by atoms with Crippen LogP contribution in [-0.4, -0.2) is 12.5 Å². The van der Waals surface area contributed by atoms with Crippen LogP contribution >= 0.6 is 0 Å². The second-order valence-corrected chi connectivity index (χ2v) is 7.07. The number of hydrogen-bond donors (Lipinski definition) is 1. The van der Waals surface area contributed by atoms with E-state index in [1.165, 1.54) is 5.56 Å². The summed E-state index contributed by atoms with van der Waals surface area (Å²) < 4.78 is 11.7. The van der Waals surface area contributed by atoms with Gasteiger partial charge in [0.1, 0.15) is 6.61 Å². The lowest BCUT2D eigenvalue weighted by Crippen LogP contribution is -2.13. The molecule has 0 saturated heterocycles. The van der Waals surface area contributed by atoms with E-state index in [0.717, 1.165) is 22.4 Å². The Morgan fingerprint density at radius 1 is 0.897 bits per heavy atom. The molecule has 0 aliphatic heterocycles. The van der Waals surface area contributed by atoms with Crippen LogP contribution in [0.5, 0.6) is 11.5 Å². The van der Waals surface area contributed by atoms with E-state index in [-0.39, 0.29) is 5.91 Å². The Balaban J connectivity index is 1.76. The molecule has 3 aromatic rings. The molecule has 0 bridgehead atoms. The maximum Gasteiger partial charge on any atom is 0.255 e.